The van der Waals surface area contributed by atoms with E-state index in [2.05, 4.69) is 4.98 Å². The molecule has 1 aliphatic rings. The number of imidazole rings is 1. The summed E-state index contributed by atoms with van der Waals surface area (Å²) in [5.41, 5.74) is 1.38. The molecule has 6 heteroatoms. The molecule has 1 saturated heterocycles. The molecule has 0 radical (unpaired) electrons. The van der Waals surface area contributed by atoms with Gasteiger partial charge in [-0.05, 0) is 25.0 Å². The van der Waals surface area contributed by atoms with Crippen molar-refractivity contribution >= 4 is 22.8 Å². The SMILES string of the molecule is Cn1c(=O)n(C2CCCOC2)c2nc(Cl)ccc21. The van der Waals surface area contributed by atoms with E-state index < -0.39 is 0 Å². The first-order chi connectivity index (χ1) is 8.68. The second kappa shape index (κ2) is 4.40. The van der Waals surface area contributed by atoms with Crippen molar-refractivity contribution in [2.75, 3.05) is 13.2 Å². The standard InChI is InChI=1S/C12H14ClN3O2/c1-15-9-4-5-10(13)14-11(9)16(12(15)17)8-3-2-6-18-7-8/h4-5,8H,2-3,6-7H2,1H3. The Morgan fingerprint density at radius 3 is 3.06 bits per heavy atom. The van der Waals surface area contributed by atoms with E-state index in [1.807, 2.05) is 6.07 Å². The zero-order chi connectivity index (χ0) is 12.7. The van der Waals surface area contributed by atoms with Crippen molar-refractivity contribution in [1.82, 2.24) is 14.1 Å². The van der Waals surface area contributed by atoms with E-state index in [0.717, 1.165) is 25.0 Å². The average molecular weight is 268 g/mol. The van der Waals surface area contributed by atoms with Crippen molar-refractivity contribution in [3.63, 3.8) is 0 Å². The normalized spacial score (nSPS) is 20.4. The molecule has 2 aromatic heterocycles. The Bertz CT molecular complexity index is 641. The molecule has 0 bridgehead atoms. The Hall–Kier alpha value is -1.33. The Labute approximate surface area is 109 Å². The van der Waals surface area contributed by atoms with Crippen LogP contribution in [0, 0.1) is 0 Å². The monoisotopic (exact) mass is 267 g/mol. The van der Waals surface area contributed by atoms with Gasteiger partial charge >= 0.3 is 5.69 Å². The van der Waals surface area contributed by atoms with E-state index in [4.69, 9.17) is 16.3 Å². The van der Waals surface area contributed by atoms with Gasteiger partial charge in [0.15, 0.2) is 5.65 Å². The number of aromatic nitrogens is 3. The minimum Gasteiger partial charge on any atom is -0.379 e. The van der Waals surface area contributed by atoms with Crippen LogP contribution in [-0.2, 0) is 11.8 Å². The van der Waals surface area contributed by atoms with Gasteiger partial charge in [0.25, 0.3) is 0 Å². The van der Waals surface area contributed by atoms with Gasteiger partial charge in [0, 0.05) is 13.7 Å². The largest absolute Gasteiger partial charge is 0.379 e. The summed E-state index contributed by atoms with van der Waals surface area (Å²) >= 11 is 5.92. The van der Waals surface area contributed by atoms with Crippen LogP contribution in [0.1, 0.15) is 18.9 Å². The van der Waals surface area contributed by atoms with E-state index >= 15 is 0 Å². The minimum atomic E-state index is -0.0599. The number of ether oxygens (including phenoxy) is 1. The van der Waals surface area contributed by atoms with Gasteiger partial charge in [0.2, 0.25) is 0 Å². The first-order valence-corrected chi connectivity index (χ1v) is 6.37. The minimum absolute atomic E-state index is 0.0564. The van der Waals surface area contributed by atoms with Crippen LogP contribution >= 0.6 is 11.6 Å². The van der Waals surface area contributed by atoms with Crippen LogP contribution in [-0.4, -0.2) is 27.3 Å². The fourth-order valence-electron chi connectivity index (χ4n) is 2.47. The molecule has 3 heterocycles. The quantitative estimate of drug-likeness (QED) is 0.740. The molecule has 1 aliphatic heterocycles. The van der Waals surface area contributed by atoms with E-state index in [-0.39, 0.29) is 11.7 Å². The van der Waals surface area contributed by atoms with Gasteiger partial charge < -0.3 is 4.74 Å². The molecule has 1 fully saturated rings. The fourth-order valence-corrected chi connectivity index (χ4v) is 2.61. The fraction of sp³-hybridized carbons (Fsp3) is 0.500. The van der Waals surface area contributed by atoms with Gasteiger partial charge in [0.05, 0.1) is 18.2 Å². The van der Waals surface area contributed by atoms with Crippen LogP contribution in [0.15, 0.2) is 16.9 Å². The Morgan fingerprint density at radius 1 is 1.50 bits per heavy atom. The molecule has 5 nitrogen and oxygen atoms in total. The number of halogens is 1. The maximum Gasteiger partial charge on any atom is 0.330 e. The maximum absolute atomic E-state index is 12.3. The van der Waals surface area contributed by atoms with E-state index in [1.165, 1.54) is 0 Å². The van der Waals surface area contributed by atoms with Gasteiger partial charge in [-0.3, -0.25) is 9.13 Å². The highest BCUT2D eigenvalue weighted by Crippen LogP contribution is 2.23. The molecule has 18 heavy (non-hydrogen) atoms. The van der Waals surface area contributed by atoms with E-state index in [1.54, 1.807) is 22.2 Å². The molecule has 0 saturated carbocycles. The third-order valence-corrected chi connectivity index (χ3v) is 3.62. The van der Waals surface area contributed by atoms with Crippen LogP contribution < -0.4 is 5.69 Å². The van der Waals surface area contributed by atoms with Gasteiger partial charge in [-0.2, -0.15) is 0 Å². The predicted octanol–water partition coefficient (Wildman–Crippen LogP) is 1.74. The third-order valence-electron chi connectivity index (χ3n) is 3.40. The summed E-state index contributed by atoms with van der Waals surface area (Å²) in [6.45, 7) is 1.33. The molecule has 96 valence electrons. The summed E-state index contributed by atoms with van der Waals surface area (Å²) in [4.78, 5) is 16.6. The number of fused-ring (bicyclic) bond motifs is 1. The van der Waals surface area contributed by atoms with Crippen molar-refractivity contribution in [2.24, 2.45) is 7.05 Å². The number of rotatable bonds is 1. The molecule has 0 aliphatic carbocycles. The summed E-state index contributed by atoms with van der Waals surface area (Å²) in [6.07, 6.45) is 1.90. The molecule has 1 atom stereocenters. The predicted molar refractivity (Wildman–Crippen MR) is 69.1 cm³/mol. The number of nitrogens with zero attached hydrogens (tertiary/aromatic N) is 3. The highest BCUT2D eigenvalue weighted by Gasteiger charge is 2.22. The van der Waals surface area contributed by atoms with Gasteiger partial charge in [-0.1, -0.05) is 11.6 Å². The number of aryl methyl sites for hydroxylation is 1. The molecule has 1 unspecified atom stereocenters. The summed E-state index contributed by atoms with van der Waals surface area (Å²) in [5, 5.41) is 0.401. The lowest BCUT2D eigenvalue weighted by Crippen LogP contribution is -2.31. The lowest BCUT2D eigenvalue weighted by atomic mass is 10.1. The second-order valence-corrected chi connectivity index (χ2v) is 4.95. The topological polar surface area (TPSA) is 49.0 Å². The van der Waals surface area contributed by atoms with Crippen LogP contribution in [0.25, 0.3) is 11.2 Å². The molecule has 0 N–H and O–H groups in total. The summed E-state index contributed by atoms with van der Waals surface area (Å²) in [6, 6.07) is 3.58. The zero-order valence-corrected chi connectivity index (χ0v) is 10.9. The number of pyridine rings is 1. The Kier molecular flexibility index (Phi) is 2.87. The van der Waals surface area contributed by atoms with Crippen molar-refractivity contribution < 1.29 is 4.74 Å². The van der Waals surface area contributed by atoms with Crippen molar-refractivity contribution in [1.29, 1.82) is 0 Å². The highest BCUT2D eigenvalue weighted by molar-refractivity contribution is 6.29. The van der Waals surface area contributed by atoms with Crippen molar-refractivity contribution in [3.8, 4) is 0 Å². The molecule has 0 amide bonds. The molecular formula is C12H14ClN3O2. The lowest BCUT2D eigenvalue weighted by molar-refractivity contribution is 0.0591. The highest BCUT2D eigenvalue weighted by atomic mass is 35.5. The summed E-state index contributed by atoms with van der Waals surface area (Å²) in [7, 11) is 1.75. The molecular weight excluding hydrogens is 254 g/mol. The van der Waals surface area contributed by atoms with Crippen LogP contribution in [0.5, 0.6) is 0 Å². The zero-order valence-electron chi connectivity index (χ0n) is 10.1. The average Bonchev–Trinajstić information content (AvgIpc) is 2.63. The van der Waals surface area contributed by atoms with Crippen molar-refractivity contribution in [3.05, 3.63) is 27.8 Å². The van der Waals surface area contributed by atoms with Gasteiger partial charge in [0.1, 0.15) is 5.15 Å². The first kappa shape index (κ1) is 11.7. The second-order valence-electron chi connectivity index (χ2n) is 4.56. The number of hydrogen-bond donors (Lipinski definition) is 0. The van der Waals surface area contributed by atoms with Crippen LogP contribution in [0.4, 0.5) is 0 Å². The van der Waals surface area contributed by atoms with Gasteiger partial charge in [-0.25, -0.2) is 9.78 Å². The molecule has 3 rings (SSSR count). The maximum atomic E-state index is 12.3. The van der Waals surface area contributed by atoms with E-state index in [0.29, 0.717) is 17.4 Å². The molecule has 0 aromatic carbocycles. The van der Waals surface area contributed by atoms with E-state index in [9.17, 15) is 4.79 Å². The first-order valence-electron chi connectivity index (χ1n) is 5.99. The molecule has 2 aromatic rings. The van der Waals surface area contributed by atoms with Crippen LogP contribution in [0.2, 0.25) is 5.15 Å². The summed E-state index contributed by atoms with van der Waals surface area (Å²) < 4.78 is 8.76. The lowest BCUT2D eigenvalue weighted by Gasteiger charge is -2.22. The summed E-state index contributed by atoms with van der Waals surface area (Å²) in [5.74, 6) is 0. The Balaban J connectivity index is 2.23. The van der Waals surface area contributed by atoms with Crippen LogP contribution in [0.3, 0.4) is 0 Å². The smallest absolute Gasteiger partial charge is 0.330 e. The third kappa shape index (κ3) is 1.74. The Morgan fingerprint density at radius 2 is 2.33 bits per heavy atom. The number of hydrogen-bond acceptors (Lipinski definition) is 3. The molecule has 0 spiro atoms. The van der Waals surface area contributed by atoms with Crippen molar-refractivity contribution in [2.45, 2.75) is 18.9 Å². The van der Waals surface area contributed by atoms with Gasteiger partial charge in [-0.15, -0.1) is 0 Å².